The Labute approximate surface area is 223 Å². The summed E-state index contributed by atoms with van der Waals surface area (Å²) < 4.78 is 5.43. The maximum absolute atomic E-state index is 6.18. The van der Waals surface area contributed by atoms with E-state index >= 15 is 0 Å². The number of rotatable bonds is 5. The van der Waals surface area contributed by atoms with E-state index in [0.29, 0.717) is 34.3 Å². The number of anilines is 2. The highest BCUT2D eigenvalue weighted by atomic mass is 35.5. The second kappa shape index (κ2) is 12.1. The Balaban J connectivity index is 1.52. The van der Waals surface area contributed by atoms with Gasteiger partial charge < -0.3 is 15.0 Å². The van der Waals surface area contributed by atoms with E-state index in [1.54, 1.807) is 25.3 Å². The molecule has 2 aromatic carbocycles. The Hall–Kier alpha value is -3.23. The smallest absolute Gasteiger partial charge is 0.229 e. The molecular formula is C27H31ClN6OS. The van der Waals surface area contributed by atoms with E-state index in [-0.39, 0.29) is 5.11 Å². The minimum atomic E-state index is 0.286. The quantitative estimate of drug-likeness (QED) is 0.246. The van der Waals surface area contributed by atoms with Gasteiger partial charge in [0.1, 0.15) is 5.75 Å². The van der Waals surface area contributed by atoms with Crippen LogP contribution in [0.4, 0.5) is 11.6 Å². The summed E-state index contributed by atoms with van der Waals surface area (Å²) in [6.07, 6.45) is 3.21. The standard InChI is InChI=1S/C27H31ClN6OS/c1-18-15-19(2)30-25(29-18)32-26(33-27(36)31-23-17-22(28)9-10-24(23)35-3)34-13-11-21(12-14-34)16-20-7-5-4-6-8-20/h4-10,15,17,21H,11-14,16H2,1-3H3,(H2,29,30,31,32,33,36). The molecule has 0 atom stereocenters. The SMILES string of the molecule is COc1ccc(Cl)cc1NC(=S)/N=C(/Nc1nc(C)cc(C)n1)N1CCC(Cc2ccccc2)CC1. The maximum atomic E-state index is 6.18. The topological polar surface area (TPSA) is 74.7 Å². The van der Waals surface area contributed by atoms with Crippen molar-refractivity contribution >= 4 is 46.5 Å². The van der Waals surface area contributed by atoms with Gasteiger partial charge in [-0.25, -0.2) is 9.97 Å². The lowest BCUT2D eigenvalue weighted by atomic mass is 9.90. The lowest BCUT2D eigenvalue weighted by molar-refractivity contribution is 0.265. The molecule has 0 saturated carbocycles. The Bertz CT molecular complexity index is 1210. The van der Waals surface area contributed by atoms with Gasteiger partial charge in [-0.2, -0.15) is 4.99 Å². The number of thiocarbonyl (C=S) groups is 1. The number of aromatic nitrogens is 2. The molecule has 1 aromatic heterocycles. The van der Waals surface area contributed by atoms with Gasteiger partial charge in [0, 0.05) is 29.5 Å². The highest BCUT2D eigenvalue weighted by Gasteiger charge is 2.23. The van der Waals surface area contributed by atoms with E-state index < -0.39 is 0 Å². The average molecular weight is 523 g/mol. The highest BCUT2D eigenvalue weighted by molar-refractivity contribution is 7.80. The van der Waals surface area contributed by atoms with Crippen LogP contribution in [0.2, 0.25) is 5.02 Å². The second-order valence-corrected chi connectivity index (χ2v) is 9.75. The molecule has 1 saturated heterocycles. The molecule has 0 bridgehead atoms. The van der Waals surface area contributed by atoms with Crippen LogP contribution in [0.1, 0.15) is 29.8 Å². The van der Waals surface area contributed by atoms with Crippen LogP contribution in [-0.2, 0) is 6.42 Å². The number of nitrogens with zero attached hydrogens (tertiary/aromatic N) is 4. The number of aliphatic imine (C=N–C) groups is 1. The third-order valence-electron chi connectivity index (χ3n) is 6.10. The first-order valence-corrected chi connectivity index (χ1v) is 12.8. The van der Waals surface area contributed by atoms with Crippen molar-refractivity contribution < 1.29 is 4.74 Å². The van der Waals surface area contributed by atoms with Crippen LogP contribution in [0.3, 0.4) is 0 Å². The van der Waals surface area contributed by atoms with E-state index in [1.165, 1.54) is 5.56 Å². The predicted octanol–water partition coefficient (Wildman–Crippen LogP) is 5.88. The third kappa shape index (κ3) is 7.15. The van der Waals surface area contributed by atoms with Gasteiger partial charge in [0.2, 0.25) is 17.0 Å². The average Bonchev–Trinajstić information content (AvgIpc) is 2.84. The number of hydrogen-bond donors (Lipinski definition) is 2. The fraction of sp³-hybridized carbons (Fsp3) is 0.333. The van der Waals surface area contributed by atoms with Crippen molar-refractivity contribution in [1.82, 2.24) is 14.9 Å². The normalized spacial score (nSPS) is 14.4. The number of halogens is 1. The lowest BCUT2D eigenvalue weighted by Gasteiger charge is -2.34. The van der Waals surface area contributed by atoms with Crippen molar-refractivity contribution in [2.24, 2.45) is 10.9 Å². The Kier molecular flexibility index (Phi) is 8.72. The van der Waals surface area contributed by atoms with Crippen molar-refractivity contribution in [2.75, 3.05) is 30.8 Å². The summed E-state index contributed by atoms with van der Waals surface area (Å²) in [5.74, 6) is 2.38. The number of guanidine groups is 1. The number of ether oxygens (including phenoxy) is 1. The van der Waals surface area contributed by atoms with Crippen LogP contribution in [-0.4, -0.2) is 46.1 Å². The lowest BCUT2D eigenvalue weighted by Crippen LogP contribution is -2.43. The summed E-state index contributed by atoms with van der Waals surface area (Å²) in [5.41, 5.74) is 3.81. The molecule has 2 N–H and O–H groups in total. The van der Waals surface area contributed by atoms with Gasteiger partial charge in [-0.15, -0.1) is 0 Å². The molecule has 9 heteroatoms. The fourth-order valence-electron chi connectivity index (χ4n) is 4.37. The van der Waals surface area contributed by atoms with E-state index in [4.69, 9.17) is 33.5 Å². The third-order valence-corrected chi connectivity index (χ3v) is 6.53. The van der Waals surface area contributed by atoms with Crippen LogP contribution < -0.4 is 15.4 Å². The number of benzene rings is 2. The predicted molar refractivity (Wildman–Crippen MR) is 151 cm³/mol. The Morgan fingerprint density at radius 2 is 1.75 bits per heavy atom. The molecule has 2 heterocycles. The number of nitrogens with one attached hydrogen (secondary N) is 2. The largest absolute Gasteiger partial charge is 0.495 e. The summed E-state index contributed by atoms with van der Waals surface area (Å²) in [5, 5.41) is 7.33. The molecule has 188 valence electrons. The van der Waals surface area contributed by atoms with Gasteiger partial charge in [0.15, 0.2) is 0 Å². The monoisotopic (exact) mass is 522 g/mol. The van der Waals surface area contributed by atoms with Crippen molar-refractivity contribution in [3.63, 3.8) is 0 Å². The first-order valence-electron chi connectivity index (χ1n) is 12.0. The van der Waals surface area contributed by atoms with Crippen LogP contribution in [0.15, 0.2) is 59.6 Å². The molecule has 36 heavy (non-hydrogen) atoms. The molecule has 3 aromatic rings. The number of methoxy groups -OCH3 is 1. The summed E-state index contributed by atoms with van der Waals surface area (Å²) in [4.78, 5) is 16.0. The first-order chi connectivity index (χ1) is 17.4. The number of aryl methyl sites for hydroxylation is 2. The van der Waals surface area contributed by atoms with Crippen LogP contribution in [0, 0.1) is 19.8 Å². The van der Waals surface area contributed by atoms with Gasteiger partial charge in [0.25, 0.3) is 0 Å². The van der Waals surface area contributed by atoms with E-state index in [0.717, 1.165) is 43.7 Å². The van der Waals surface area contributed by atoms with E-state index in [2.05, 4.69) is 55.8 Å². The molecule has 0 aliphatic carbocycles. The van der Waals surface area contributed by atoms with Gasteiger partial charge in [-0.1, -0.05) is 41.9 Å². The summed E-state index contributed by atoms with van der Waals surface area (Å²) in [6.45, 7) is 5.61. The highest BCUT2D eigenvalue weighted by Crippen LogP contribution is 2.28. The second-order valence-electron chi connectivity index (χ2n) is 8.93. The van der Waals surface area contributed by atoms with Crippen LogP contribution in [0.25, 0.3) is 0 Å². The summed E-state index contributed by atoms with van der Waals surface area (Å²) >= 11 is 11.8. The van der Waals surface area contributed by atoms with E-state index in [9.17, 15) is 0 Å². The van der Waals surface area contributed by atoms with Gasteiger partial charge >= 0.3 is 0 Å². The number of piperidine rings is 1. The Morgan fingerprint density at radius 1 is 1.06 bits per heavy atom. The number of likely N-dealkylation sites (tertiary alicyclic amines) is 1. The molecule has 0 radical (unpaired) electrons. The summed E-state index contributed by atoms with van der Waals surface area (Å²) in [6, 6.07) is 17.9. The molecule has 4 rings (SSSR count). The van der Waals surface area contributed by atoms with Crippen molar-refractivity contribution in [1.29, 1.82) is 0 Å². The van der Waals surface area contributed by atoms with Gasteiger partial charge in [0.05, 0.1) is 12.8 Å². The zero-order chi connectivity index (χ0) is 25.5. The molecule has 0 unspecified atom stereocenters. The van der Waals surface area contributed by atoms with Crippen molar-refractivity contribution in [3.05, 3.63) is 76.6 Å². The minimum absolute atomic E-state index is 0.286. The van der Waals surface area contributed by atoms with E-state index in [1.807, 2.05) is 19.9 Å². The molecular weight excluding hydrogens is 492 g/mol. The number of hydrogen-bond acceptors (Lipinski definition) is 4. The van der Waals surface area contributed by atoms with Gasteiger partial charge in [-0.3, -0.25) is 5.32 Å². The first kappa shape index (κ1) is 25.9. The molecule has 7 nitrogen and oxygen atoms in total. The molecule has 1 aliphatic heterocycles. The van der Waals surface area contributed by atoms with Gasteiger partial charge in [-0.05, 0) is 81.1 Å². The minimum Gasteiger partial charge on any atom is -0.495 e. The molecule has 1 aliphatic rings. The molecule has 0 amide bonds. The Morgan fingerprint density at radius 3 is 2.42 bits per heavy atom. The zero-order valence-electron chi connectivity index (χ0n) is 20.8. The molecule has 1 fully saturated rings. The van der Waals surface area contributed by atoms with Crippen molar-refractivity contribution in [3.8, 4) is 5.75 Å². The van der Waals surface area contributed by atoms with Crippen LogP contribution >= 0.6 is 23.8 Å². The van der Waals surface area contributed by atoms with Crippen LogP contribution in [0.5, 0.6) is 5.75 Å². The summed E-state index contributed by atoms with van der Waals surface area (Å²) in [7, 11) is 1.60. The molecule has 0 spiro atoms. The fourth-order valence-corrected chi connectivity index (χ4v) is 4.74. The maximum Gasteiger partial charge on any atom is 0.229 e. The van der Waals surface area contributed by atoms with Crippen molar-refractivity contribution in [2.45, 2.75) is 33.1 Å². The zero-order valence-corrected chi connectivity index (χ0v) is 22.4.